The summed E-state index contributed by atoms with van der Waals surface area (Å²) >= 11 is 0. The standard InChI is InChI=1S/C19H33FN4O2.HI/c1-5-21-19(22-10-12-24(3)11-7-13-25-4)23-15-16(2)26-18-9-6-8-17(20)14-18;/h6,8-9,14,16H,5,7,10-13,15H2,1-4H3,(H2,21,22,23);1H. The maximum absolute atomic E-state index is 13.2. The smallest absolute Gasteiger partial charge is 0.191 e. The van der Waals surface area contributed by atoms with E-state index < -0.39 is 0 Å². The number of nitrogens with one attached hydrogen (secondary N) is 2. The van der Waals surface area contributed by atoms with Crippen LogP contribution in [-0.2, 0) is 4.74 Å². The molecule has 2 N–H and O–H groups in total. The molecule has 1 unspecified atom stereocenters. The molecule has 27 heavy (non-hydrogen) atoms. The number of methoxy groups -OCH3 is 1. The van der Waals surface area contributed by atoms with Gasteiger partial charge in [-0.1, -0.05) is 6.07 Å². The summed E-state index contributed by atoms with van der Waals surface area (Å²) in [5.41, 5.74) is 0. The molecule has 0 fully saturated rings. The Bertz CT molecular complexity index is 534. The molecule has 6 nitrogen and oxygen atoms in total. The lowest BCUT2D eigenvalue weighted by Crippen LogP contribution is -2.41. The highest BCUT2D eigenvalue weighted by atomic mass is 127. The van der Waals surface area contributed by atoms with Crippen molar-refractivity contribution in [1.82, 2.24) is 15.5 Å². The predicted molar refractivity (Wildman–Crippen MR) is 120 cm³/mol. The molecular formula is C19H34FIN4O2. The van der Waals surface area contributed by atoms with Crippen molar-refractivity contribution < 1.29 is 13.9 Å². The number of rotatable bonds is 12. The van der Waals surface area contributed by atoms with E-state index in [0.29, 0.717) is 12.3 Å². The van der Waals surface area contributed by atoms with Crippen LogP contribution in [0.5, 0.6) is 5.75 Å². The molecule has 0 aliphatic heterocycles. The van der Waals surface area contributed by atoms with Gasteiger partial charge in [0.25, 0.3) is 0 Å². The minimum Gasteiger partial charge on any atom is -0.489 e. The van der Waals surface area contributed by atoms with Crippen LogP contribution in [0.25, 0.3) is 0 Å². The summed E-state index contributed by atoms with van der Waals surface area (Å²) < 4.78 is 24.0. The predicted octanol–water partition coefficient (Wildman–Crippen LogP) is 2.73. The molecular weight excluding hydrogens is 462 g/mol. The van der Waals surface area contributed by atoms with Crippen LogP contribution in [-0.4, -0.2) is 70.5 Å². The molecule has 0 saturated carbocycles. The first-order chi connectivity index (χ1) is 12.5. The molecule has 156 valence electrons. The van der Waals surface area contributed by atoms with Gasteiger partial charge in [0.2, 0.25) is 0 Å². The number of halogens is 2. The van der Waals surface area contributed by atoms with Crippen LogP contribution in [0.4, 0.5) is 4.39 Å². The minimum absolute atomic E-state index is 0. The minimum atomic E-state index is -0.303. The van der Waals surface area contributed by atoms with E-state index in [0.717, 1.165) is 45.2 Å². The lowest BCUT2D eigenvalue weighted by molar-refractivity contribution is 0.180. The molecule has 1 atom stereocenters. The van der Waals surface area contributed by atoms with Crippen LogP contribution < -0.4 is 15.4 Å². The van der Waals surface area contributed by atoms with Gasteiger partial charge in [-0.2, -0.15) is 0 Å². The van der Waals surface area contributed by atoms with E-state index >= 15 is 0 Å². The Labute approximate surface area is 179 Å². The molecule has 0 spiro atoms. The van der Waals surface area contributed by atoms with Crippen LogP contribution in [0.15, 0.2) is 29.3 Å². The molecule has 0 heterocycles. The number of hydrogen-bond donors (Lipinski definition) is 2. The third-order valence-corrected chi connectivity index (χ3v) is 3.66. The Morgan fingerprint density at radius 1 is 1.30 bits per heavy atom. The largest absolute Gasteiger partial charge is 0.489 e. The van der Waals surface area contributed by atoms with Crippen LogP contribution in [0.2, 0.25) is 0 Å². The van der Waals surface area contributed by atoms with Gasteiger partial charge in [0, 0.05) is 46.0 Å². The van der Waals surface area contributed by atoms with E-state index in [9.17, 15) is 4.39 Å². The average Bonchev–Trinajstić information content (AvgIpc) is 2.60. The number of likely N-dealkylation sites (N-methyl/N-ethyl adjacent to an activating group) is 1. The zero-order valence-corrected chi connectivity index (χ0v) is 19.2. The van der Waals surface area contributed by atoms with Crippen LogP contribution in [0, 0.1) is 5.82 Å². The zero-order valence-electron chi connectivity index (χ0n) is 16.8. The van der Waals surface area contributed by atoms with Crippen molar-refractivity contribution in [2.75, 3.05) is 53.5 Å². The van der Waals surface area contributed by atoms with Gasteiger partial charge in [-0.3, -0.25) is 0 Å². The highest BCUT2D eigenvalue weighted by Gasteiger charge is 2.06. The molecule has 0 bridgehead atoms. The summed E-state index contributed by atoms with van der Waals surface area (Å²) in [6.45, 7) is 8.72. The van der Waals surface area contributed by atoms with Gasteiger partial charge in [0.1, 0.15) is 17.7 Å². The highest BCUT2D eigenvalue weighted by Crippen LogP contribution is 2.13. The average molecular weight is 496 g/mol. The topological polar surface area (TPSA) is 58.1 Å². The molecule has 0 amide bonds. The molecule has 1 aromatic carbocycles. The third-order valence-electron chi connectivity index (χ3n) is 3.66. The summed E-state index contributed by atoms with van der Waals surface area (Å²) in [6.07, 6.45) is 0.875. The van der Waals surface area contributed by atoms with E-state index in [-0.39, 0.29) is 35.9 Å². The first kappa shape index (κ1) is 25.9. The molecule has 1 aromatic rings. The fraction of sp³-hybridized carbons (Fsp3) is 0.632. The van der Waals surface area contributed by atoms with Crippen molar-refractivity contribution in [2.45, 2.75) is 26.4 Å². The SMILES string of the molecule is CCNC(=NCC(C)Oc1cccc(F)c1)NCCN(C)CCCOC.I. The lowest BCUT2D eigenvalue weighted by Gasteiger charge is -2.18. The normalized spacial score (nSPS) is 12.4. The second-order valence-corrected chi connectivity index (χ2v) is 6.18. The van der Waals surface area contributed by atoms with Crippen LogP contribution in [0.1, 0.15) is 20.3 Å². The molecule has 0 saturated heterocycles. The van der Waals surface area contributed by atoms with Gasteiger partial charge in [0.15, 0.2) is 5.96 Å². The van der Waals surface area contributed by atoms with Gasteiger partial charge in [-0.05, 0) is 39.4 Å². The zero-order chi connectivity index (χ0) is 19.2. The molecule has 8 heteroatoms. The maximum Gasteiger partial charge on any atom is 0.191 e. The first-order valence-electron chi connectivity index (χ1n) is 9.17. The fourth-order valence-electron chi connectivity index (χ4n) is 2.33. The summed E-state index contributed by atoms with van der Waals surface area (Å²) in [4.78, 5) is 6.80. The second-order valence-electron chi connectivity index (χ2n) is 6.18. The molecule has 1 rings (SSSR count). The Balaban J connectivity index is 0.00000676. The van der Waals surface area contributed by atoms with Gasteiger partial charge in [0.05, 0.1) is 6.54 Å². The molecule has 0 radical (unpaired) electrons. The van der Waals surface area contributed by atoms with Crippen molar-refractivity contribution in [3.63, 3.8) is 0 Å². The van der Waals surface area contributed by atoms with Crippen LogP contribution >= 0.6 is 24.0 Å². The van der Waals surface area contributed by atoms with Crippen molar-refractivity contribution >= 4 is 29.9 Å². The van der Waals surface area contributed by atoms with Crippen molar-refractivity contribution in [1.29, 1.82) is 0 Å². The van der Waals surface area contributed by atoms with Gasteiger partial charge >= 0.3 is 0 Å². The third kappa shape index (κ3) is 12.8. The van der Waals surface area contributed by atoms with Gasteiger partial charge < -0.3 is 25.0 Å². The molecule has 0 aliphatic rings. The summed E-state index contributed by atoms with van der Waals surface area (Å²) in [6, 6.07) is 6.15. The van der Waals surface area contributed by atoms with E-state index in [1.54, 1.807) is 19.2 Å². The second kappa shape index (κ2) is 15.9. The Kier molecular flexibility index (Phi) is 15.2. The number of benzene rings is 1. The Morgan fingerprint density at radius 3 is 2.74 bits per heavy atom. The van der Waals surface area contributed by atoms with E-state index in [1.807, 2.05) is 13.8 Å². The molecule has 0 aliphatic carbocycles. The summed E-state index contributed by atoms with van der Waals surface area (Å²) in [5, 5.41) is 6.54. The maximum atomic E-state index is 13.2. The monoisotopic (exact) mass is 496 g/mol. The number of ether oxygens (including phenoxy) is 2. The number of nitrogens with zero attached hydrogens (tertiary/aromatic N) is 2. The highest BCUT2D eigenvalue weighted by molar-refractivity contribution is 14.0. The summed E-state index contributed by atoms with van der Waals surface area (Å²) in [5.74, 6) is 0.971. The van der Waals surface area contributed by atoms with Gasteiger partial charge in [-0.15, -0.1) is 24.0 Å². The first-order valence-corrected chi connectivity index (χ1v) is 9.17. The fourth-order valence-corrected chi connectivity index (χ4v) is 2.33. The molecule has 0 aromatic heterocycles. The number of hydrogen-bond acceptors (Lipinski definition) is 4. The van der Waals surface area contributed by atoms with Crippen molar-refractivity contribution in [3.05, 3.63) is 30.1 Å². The van der Waals surface area contributed by atoms with E-state index in [4.69, 9.17) is 9.47 Å². The summed E-state index contributed by atoms with van der Waals surface area (Å²) in [7, 11) is 3.82. The van der Waals surface area contributed by atoms with Gasteiger partial charge in [-0.25, -0.2) is 9.38 Å². The number of guanidine groups is 1. The quantitative estimate of drug-likeness (QED) is 0.202. The van der Waals surface area contributed by atoms with Crippen molar-refractivity contribution in [3.8, 4) is 5.75 Å². The number of aliphatic imine (C=N–C) groups is 1. The Morgan fingerprint density at radius 2 is 2.07 bits per heavy atom. The lowest BCUT2D eigenvalue weighted by atomic mass is 10.3. The van der Waals surface area contributed by atoms with E-state index in [2.05, 4.69) is 27.6 Å². The van der Waals surface area contributed by atoms with Crippen LogP contribution in [0.3, 0.4) is 0 Å². The van der Waals surface area contributed by atoms with Crippen molar-refractivity contribution in [2.24, 2.45) is 4.99 Å². The van der Waals surface area contributed by atoms with E-state index in [1.165, 1.54) is 12.1 Å². The Hall–Kier alpha value is -1.13.